The van der Waals surface area contributed by atoms with Crippen LogP contribution in [0.15, 0.2) is 71.9 Å². The van der Waals surface area contributed by atoms with E-state index in [1.54, 1.807) is 37.2 Å². The fraction of sp³-hybridized carbons (Fsp3) is 0.538. The number of nitrogens with one attached hydrogen (secondary N) is 2. The molecule has 2 fully saturated rings. The molecule has 2 aliphatic rings. The fourth-order valence-electron chi connectivity index (χ4n) is 8.59. The normalized spacial score (nSPS) is 18.3. The molecule has 0 saturated heterocycles. The van der Waals surface area contributed by atoms with Gasteiger partial charge in [0.15, 0.2) is 42.9 Å². The molecular formula is C52H73BN4O12S2Si. The first-order chi connectivity index (χ1) is 34.0. The van der Waals surface area contributed by atoms with Gasteiger partial charge in [0, 0.05) is 58.7 Å². The topological polar surface area (TPSA) is 207 Å². The zero-order chi connectivity index (χ0) is 52.9. The van der Waals surface area contributed by atoms with E-state index in [1.807, 2.05) is 6.92 Å². The van der Waals surface area contributed by atoms with Crippen LogP contribution < -0.4 is 29.5 Å². The van der Waals surface area contributed by atoms with E-state index in [0.29, 0.717) is 84.6 Å². The number of anilines is 2. The highest BCUT2D eigenvalue weighted by Crippen LogP contribution is 2.45. The second-order valence-corrected chi connectivity index (χ2v) is 27.7. The standard InChI is InChI=1S/C52H73BN4O12S2Si/c1-13-35-21-32(2)23-38(35)49(58)41-26-45(65-10)47(28-43(41)56-53(8)61)67-20-16-14-15-19-66-46-27-42(55-51(60)68-30-34(4)70-71-48-18-17-37(29-54-48)57(62)63)40(25-44(46)64-9)50(59)39-24-33(3)22-36(39)31-69-72(11,12)52(5,6)7/h17-18,25-29,34-36,38-39,56,61H,2-3,13-16,19-24,30-31H2,1,4-12H3,(H,55,60)/t34-,35-,36+,38?,39?/m1/s1. The maximum Gasteiger partial charge on any atom is 0.411 e. The Morgan fingerprint density at radius 1 is 0.889 bits per heavy atom. The summed E-state index contributed by atoms with van der Waals surface area (Å²) in [6.45, 7) is 25.9. The van der Waals surface area contributed by atoms with E-state index >= 15 is 0 Å². The highest BCUT2D eigenvalue weighted by Gasteiger charge is 2.42. The van der Waals surface area contributed by atoms with E-state index in [2.05, 4.69) is 69.5 Å². The number of methoxy groups -OCH3 is 2. The van der Waals surface area contributed by atoms with Gasteiger partial charge in [0.2, 0.25) is 0 Å². The number of hydrogen-bond donors (Lipinski definition) is 3. The SMILES string of the molecule is C=C1CC(C(=O)c2cc(OC)c(OCCCCCOc3cc(NC(=O)OC[C@@H](C)SSc4ccc([N+](=O)[O-])cn4)c(C(=O)C4CC(=C)C[C@H]4CO[Si](C)(C)C(C)(C)C)cc3OC)cc2NB(C)O)[C@H](CC)C1. The monoisotopic (exact) mass is 1050 g/mol. The van der Waals surface area contributed by atoms with Gasteiger partial charge in [0.25, 0.3) is 5.69 Å². The third kappa shape index (κ3) is 15.7. The van der Waals surface area contributed by atoms with Gasteiger partial charge in [0.05, 0.1) is 38.0 Å². The van der Waals surface area contributed by atoms with Crippen molar-refractivity contribution >= 4 is 71.7 Å². The maximum atomic E-state index is 14.7. The van der Waals surface area contributed by atoms with Crippen molar-refractivity contribution in [2.45, 2.75) is 121 Å². The number of rotatable bonds is 27. The van der Waals surface area contributed by atoms with Gasteiger partial charge in [-0.25, -0.2) is 9.78 Å². The van der Waals surface area contributed by atoms with Gasteiger partial charge in [0.1, 0.15) is 17.8 Å². The van der Waals surface area contributed by atoms with Crippen LogP contribution in [0, 0.1) is 33.8 Å². The van der Waals surface area contributed by atoms with Crippen LogP contribution in [0.3, 0.4) is 0 Å². The molecule has 0 spiro atoms. The number of unbranched alkanes of at least 4 members (excludes halogenated alkanes) is 2. The average Bonchev–Trinajstić information content (AvgIpc) is 3.91. The quantitative estimate of drug-likeness (QED) is 0.0123. The average molecular weight is 1050 g/mol. The van der Waals surface area contributed by atoms with Crippen LogP contribution in [0.4, 0.5) is 21.9 Å². The molecule has 392 valence electrons. The number of aromatic nitrogens is 1. The lowest BCUT2D eigenvalue weighted by Crippen LogP contribution is -2.42. The van der Waals surface area contributed by atoms with E-state index in [0.717, 1.165) is 30.4 Å². The summed E-state index contributed by atoms with van der Waals surface area (Å²) in [7, 11) is 2.69. The minimum atomic E-state index is -2.12. The number of hydrogen-bond acceptors (Lipinski definition) is 16. The molecule has 1 amide bonds. The number of carbonyl (C=O) groups is 3. The number of Topliss-reactive ketones (excluding diaryl/α,β-unsaturated/α-hetero) is 2. The Labute approximate surface area is 434 Å². The number of carbonyl (C=O) groups excluding carboxylic acids is 3. The Balaban J connectivity index is 1.26. The molecule has 0 bridgehead atoms. The molecule has 3 N–H and O–H groups in total. The predicted octanol–water partition coefficient (Wildman–Crippen LogP) is 12.5. The summed E-state index contributed by atoms with van der Waals surface area (Å²) >= 11 is 0. The highest BCUT2D eigenvalue weighted by molar-refractivity contribution is 8.76. The molecule has 2 saturated carbocycles. The first kappa shape index (κ1) is 57.9. The van der Waals surface area contributed by atoms with E-state index in [1.165, 1.54) is 48.1 Å². The molecule has 0 aliphatic heterocycles. The zero-order valence-electron chi connectivity index (χ0n) is 43.6. The van der Waals surface area contributed by atoms with Crippen molar-refractivity contribution in [1.29, 1.82) is 0 Å². The van der Waals surface area contributed by atoms with Gasteiger partial charge in [-0.3, -0.25) is 25.0 Å². The first-order valence-corrected chi connectivity index (χ1v) is 29.7. The second kappa shape index (κ2) is 26.3. The number of nitrogens with zero attached hydrogens (tertiary/aromatic N) is 2. The number of ketones is 2. The van der Waals surface area contributed by atoms with Crippen molar-refractivity contribution in [2.75, 3.05) is 51.2 Å². The van der Waals surface area contributed by atoms with Crippen LogP contribution in [0.2, 0.25) is 25.0 Å². The summed E-state index contributed by atoms with van der Waals surface area (Å²) in [6.07, 6.45) is 5.91. The molecule has 5 atom stereocenters. The van der Waals surface area contributed by atoms with Crippen LogP contribution in [-0.4, -0.2) is 93.9 Å². The Bertz CT molecular complexity index is 2420. The Morgan fingerprint density at radius 3 is 1.96 bits per heavy atom. The summed E-state index contributed by atoms with van der Waals surface area (Å²) in [5.74, 6) is 0.811. The lowest BCUT2D eigenvalue weighted by molar-refractivity contribution is -0.385. The molecule has 2 aromatic carbocycles. The van der Waals surface area contributed by atoms with Crippen LogP contribution in [0.25, 0.3) is 0 Å². The van der Waals surface area contributed by atoms with E-state index in [-0.39, 0.29) is 69.8 Å². The van der Waals surface area contributed by atoms with Gasteiger partial charge >= 0.3 is 13.1 Å². The molecule has 1 aromatic heterocycles. The molecule has 16 nitrogen and oxygen atoms in total. The minimum absolute atomic E-state index is 0.0101. The molecule has 0 radical (unpaired) electrons. The summed E-state index contributed by atoms with van der Waals surface area (Å²) in [5.41, 5.74) is 3.32. The summed E-state index contributed by atoms with van der Waals surface area (Å²) in [5, 5.41) is 27.5. The number of nitro groups is 1. The molecule has 5 rings (SSSR count). The van der Waals surface area contributed by atoms with Crippen LogP contribution in [-0.2, 0) is 9.16 Å². The number of pyridine rings is 1. The lowest BCUT2D eigenvalue weighted by Gasteiger charge is -2.37. The molecule has 1 heterocycles. The fourth-order valence-corrected chi connectivity index (χ4v) is 11.5. The summed E-state index contributed by atoms with van der Waals surface area (Å²) in [4.78, 5) is 56.7. The molecule has 72 heavy (non-hydrogen) atoms. The predicted molar refractivity (Wildman–Crippen MR) is 290 cm³/mol. The van der Waals surface area contributed by atoms with Crippen molar-refractivity contribution in [2.24, 2.45) is 23.7 Å². The lowest BCUT2D eigenvalue weighted by atomic mass is 9.84. The van der Waals surface area contributed by atoms with Crippen LogP contribution in [0.5, 0.6) is 23.0 Å². The number of amides is 1. The summed E-state index contributed by atoms with van der Waals surface area (Å²) < 4.78 is 36.2. The second-order valence-electron chi connectivity index (χ2n) is 20.3. The van der Waals surface area contributed by atoms with E-state index in [9.17, 15) is 29.5 Å². The van der Waals surface area contributed by atoms with Crippen molar-refractivity contribution in [3.8, 4) is 23.0 Å². The largest absolute Gasteiger partial charge is 0.493 e. The first-order valence-electron chi connectivity index (χ1n) is 24.6. The van der Waals surface area contributed by atoms with Gasteiger partial charge < -0.3 is 38.4 Å². The molecule has 20 heteroatoms. The maximum absolute atomic E-state index is 14.7. The minimum Gasteiger partial charge on any atom is -0.493 e. The van der Waals surface area contributed by atoms with Gasteiger partial charge in [-0.15, -0.1) is 0 Å². The van der Waals surface area contributed by atoms with Gasteiger partial charge in [-0.2, -0.15) is 0 Å². The van der Waals surface area contributed by atoms with Crippen LogP contribution in [0.1, 0.15) is 107 Å². The molecule has 2 aliphatic carbocycles. The Hall–Kier alpha value is -5.02. The van der Waals surface area contributed by atoms with Crippen molar-refractivity contribution in [3.63, 3.8) is 0 Å². The summed E-state index contributed by atoms with van der Waals surface area (Å²) in [6, 6.07) is 9.55. The molecule has 3 aromatic rings. The van der Waals surface area contributed by atoms with Crippen molar-refractivity contribution in [3.05, 3.63) is 88.1 Å². The number of ether oxygens (including phenoxy) is 5. The Morgan fingerprint density at radius 2 is 1.44 bits per heavy atom. The third-order valence-corrected chi connectivity index (χ3v) is 20.9. The van der Waals surface area contributed by atoms with Crippen molar-refractivity contribution < 1.29 is 52.4 Å². The smallest absolute Gasteiger partial charge is 0.411 e. The number of benzene rings is 2. The van der Waals surface area contributed by atoms with Gasteiger partial charge in [-0.05, 0) is 118 Å². The molecule has 2 unspecified atom stereocenters. The molecular weight excluding hydrogens is 976 g/mol. The van der Waals surface area contributed by atoms with Gasteiger partial charge in [-0.1, -0.05) is 69.2 Å². The van der Waals surface area contributed by atoms with E-state index < -0.39 is 32.3 Å². The van der Waals surface area contributed by atoms with E-state index in [4.69, 9.17) is 28.1 Å². The highest BCUT2D eigenvalue weighted by atomic mass is 33.1. The number of allylic oxidation sites excluding steroid dienone is 2. The third-order valence-electron chi connectivity index (χ3n) is 13.6. The van der Waals surface area contributed by atoms with Crippen LogP contribution >= 0.6 is 21.6 Å². The zero-order valence-corrected chi connectivity index (χ0v) is 46.2. The Kier molecular flexibility index (Phi) is 21.1. The van der Waals surface area contributed by atoms with Crippen molar-refractivity contribution in [1.82, 2.24) is 4.98 Å².